The molecule has 29 heavy (non-hydrogen) atoms. The summed E-state index contributed by atoms with van der Waals surface area (Å²) in [7, 11) is 1.85. The van der Waals surface area contributed by atoms with Crippen molar-refractivity contribution in [3.05, 3.63) is 0 Å². The number of nitrogens with one attached hydrogen (secondary N) is 4. The molecular weight excluding hydrogens is 366 g/mol. The van der Waals surface area contributed by atoms with E-state index in [2.05, 4.69) is 26.2 Å². The summed E-state index contributed by atoms with van der Waals surface area (Å²) in [6, 6.07) is 0.515. The number of amides is 1. The maximum absolute atomic E-state index is 12.7. The van der Waals surface area contributed by atoms with Crippen LogP contribution in [0, 0.1) is 17.8 Å². The molecule has 4 rings (SSSR count). The standard InChI is InChI=1S/C22H41N5O2/c1-29-20-8-4-16(5-9-20)18-14-24-22(25-15-18)26-19-6-2-17(3-7-19)21(28)27-12-10-23-11-13-27/h16-20,22-26H,2-15H2,1H3. The molecule has 0 bridgehead atoms. The van der Waals surface area contributed by atoms with Gasteiger partial charge in [-0.15, -0.1) is 0 Å². The van der Waals surface area contributed by atoms with Crippen LogP contribution in [-0.4, -0.2) is 75.6 Å². The molecule has 2 aliphatic heterocycles. The third kappa shape index (κ3) is 5.70. The molecule has 0 aromatic heterocycles. The van der Waals surface area contributed by atoms with E-state index in [1.807, 2.05) is 7.11 Å². The number of ether oxygens (including phenoxy) is 1. The minimum Gasteiger partial charge on any atom is -0.381 e. The molecule has 0 aromatic carbocycles. The molecule has 7 heteroatoms. The average molecular weight is 408 g/mol. The van der Waals surface area contributed by atoms with Crippen LogP contribution in [0.4, 0.5) is 0 Å². The van der Waals surface area contributed by atoms with Gasteiger partial charge in [0.1, 0.15) is 6.29 Å². The van der Waals surface area contributed by atoms with Crippen LogP contribution in [0.5, 0.6) is 0 Å². The van der Waals surface area contributed by atoms with Gasteiger partial charge in [-0.2, -0.15) is 0 Å². The average Bonchev–Trinajstić information content (AvgIpc) is 2.80. The van der Waals surface area contributed by atoms with E-state index in [0.717, 1.165) is 76.8 Å². The summed E-state index contributed by atoms with van der Waals surface area (Å²) in [4.78, 5) is 14.8. The quantitative estimate of drug-likeness (QED) is 0.542. The van der Waals surface area contributed by atoms with Crippen molar-refractivity contribution in [2.45, 2.75) is 69.8 Å². The van der Waals surface area contributed by atoms with E-state index in [1.165, 1.54) is 25.7 Å². The van der Waals surface area contributed by atoms with Crippen molar-refractivity contribution >= 4 is 5.91 Å². The predicted molar refractivity (Wildman–Crippen MR) is 114 cm³/mol. The third-order valence-electron chi connectivity index (χ3n) is 7.79. The predicted octanol–water partition coefficient (Wildman–Crippen LogP) is 0.864. The Balaban J connectivity index is 1.13. The highest BCUT2D eigenvalue weighted by Gasteiger charge is 2.33. The number of carbonyl (C=O) groups is 1. The fourth-order valence-electron chi connectivity index (χ4n) is 5.82. The molecule has 2 aliphatic carbocycles. The third-order valence-corrected chi connectivity index (χ3v) is 7.79. The Morgan fingerprint density at radius 3 is 2.17 bits per heavy atom. The molecule has 4 aliphatic rings. The van der Waals surface area contributed by atoms with Gasteiger partial charge >= 0.3 is 0 Å². The highest BCUT2D eigenvalue weighted by atomic mass is 16.5. The Bertz CT molecular complexity index is 503. The lowest BCUT2D eigenvalue weighted by molar-refractivity contribution is -0.137. The van der Waals surface area contributed by atoms with Gasteiger partial charge < -0.3 is 15.0 Å². The second-order valence-corrected chi connectivity index (χ2v) is 9.57. The number of nitrogens with zero attached hydrogens (tertiary/aromatic N) is 1. The van der Waals surface area contributed by atoms with E-state index < -0.39 is 0 Å². The van der Waals surface area contributed by atoms with Crippen molar-refractivity contribution in [2.75, 3.05) is 46.4 Å². The van der Waals surface area contributed by atoms with E-state index in [0.29, 0.717) is 18.1 Å². The first-order valence-corrected chi connectivity index (χ1v) is 12.0. The Morgan fingerprint density at radius 1 is 0.897 bits per heavy atom. The Labute approximate surface area is 176 Å². The molecule has 0 unspecified atom stereocenters. The normalized spacial score (nSPS) is 39.3. The molecule has 0 aromatic rings. The van der Waals surface area contributed by atoms with Gasteiger partial charge in [-0.25, -0.2) is 0 Å². The molecule has 7 nitrogen and oxygen atoms in total. The molecule has 0 atom stereocenters. The Morgan fingerprint density at radius 2 is 1.55 bits per heavy atom. The maximum atomic E-state index is 12.7. The monoisotopic (exact) mass is 407 g/mol. The van der Waals surface area contributed by atoms with Crippen molar-refractivity contribution in [2.24, 2.45) is 17.8 Å². The van der Waals surface area contributed by atoms with Crippen LogP contribution in [0.15, 0.2) is 0 Å². The first kappa shape index (κ1) is 21.5. The second kappa shape index (κ2) is 10.5. The number of piperazine rings is 1. The van der Waals surface area contributed by atoms with Gasteiger partial charge in [0.05, 0.1) is 6.10 Å². The number of carbonyl (C=O) groups excluding carboxylic acids is 1. The van der Waals surface area contributed by atoms with Gasteiger partial charge in [-0.05, 0) is 63.2 Å². The van der Waals surface area contributed by atoms with Gasteiger partial charge in [-0.3, -0.25) is 20.7 Å². The van der Waals surface area contributed by atoms with Crippen LogP contribution >= 0.6 is 0 Å². The van der Waals surface area contributed by atoms with Crippen molar-refractivity contribution in [1.82, 2.24) is 26.2 Å². The SMILES string of the molecule is COC1CCC(C2CNC(NC3CCC(C(=O)N4CCNCC4)CC3)NC2)CC1. The van der Waals surface area contributed by atoms with Crippen LogP contribution < -0.4 is 21.3 Å². The lowest BCUT2D eigenvalue weighted by atomic mass is 9.78. The molecule has 166 valence electrons. The van der Waals surface area contributed by atoms with Gasteiger partial charge in [0, 0.05) is 58.3 Å². The van der Waals surface area contributed by atoms with Crippen molar-refractivity contribution in [3.8, 4) is 0 Å². The van der Waals surface area contributed by atoms with Crippen LogP contribution in [0.3, 0.4) is 0 Å². The second-order valence-electron chi connectivity index (χ2n) is 9.57. The minimum absolute atomic E-state index is 0.215. The number of methoxy groups -OCH3 is 1. The molecule has 1 amide bonds. The van der Waals surface area contributed by atoms with Crippen LogP contribution in [0.1, 0.15) is 51.4 Å². The summed E-state index contributed by atoms with van der Waals surface area (Å²) in [6.45, 7) is 5.84. The topological polar surface area (TPSA) is 77.7 Å². The van der Waals surface area contributed by atoms with Gasteiger partial charge in [-0.1, -0.05) is 0 Å². The molecule has 2 saturated heterocycles. The zero-order valence-electron chi connectivity index (χ0n) is 18.1. The summed E-state index contributed by atoms with van der Waals surface area (Å²) in [5, 5.41) is 14.5. The molecule has 2 heterocycles. The number of rotatable bonds is 5. The number of hydrogen-bond acceptors (Lipinski definition) is 6. The molecular formula is C22H41N5O2. The van der Waals surface area contributed by atoms with E-state index in [9.17, 15) is 4.79 Å². The van der Waals surface area contributed by atoms with Gasteiger partial charge in [0.2, 0.25) is 5.91 Å². The zero-order valence-corrected chi connectivity index (χ0v) is 18.1. The number of hydrogen-bond donors (Lipinski definition) is 4. The minimum atomic E-state index is 0.215. The van der Waals surface area contributed by atoms with E-state index in [1.54, 1.807) is 0 Å². The largest absolute Gasteiger partial charge is 0.381 e. The summed E-state index contributed by atoms with van der Waals surface area (Å²) in [6.07, 6.45) is 10.00. The zero-order chi connectivity index (χ0) is 20.1. The molecule has 4 N–H and O–H groups in total. The van der Waals surface area contributed by atoms with Gasteiger partial charge in [0.25, 0.3) is 0 Å². The highest BCUT2D eigenvalue weighted by molar-refractivity contribution is 5.79. The van der Waals surface area contributed by atoms with Crippen LogP contribution in [0.2, 0.25) is 0 Å². The lowest BCUT2D eigenvalue weighted by Gasteiger charge is -2.41. The van der Waals surface area contributed by atoms with E-state index in [4.69, 9.17) is 4.74 Å². The Hall–Kier alpha value is -0.730. The fraction of sp³-hybridized carbons (Fsp3) is 0.955. The first-order chi connectivity index (χ1) is 14.2. The van der Waals surface area contributed by atoms with Gasteiger partial charge in [0.15, 0.2) is 0 Å². The maximum Gasteiger partial charge on any atom is 0.225 e. The fourth-order valence-corrected chi connectivity index (χ4v) is 5.82. The van der Waals surface area contributed by atoms with E-state index in [-0.39, 0.29) is 12.2 Å². The van der Waals surface area contributed by atoms with Crippen LogP contribution in [0.25, 0.3) is 0 Å². The summed E-state index contributed by atoms with van der Waals surface area (Å²) in [5.74, 6) is 2.20. The van der Waals surface area contributed by atoms with Crippen molar-refractivity contribution in [1.29, 1.82) is 0 Å². The van der Waals surface area contributed by atoms with Crippen LogP contribution in [-0.2, 0) is 9.53 Å². The van der Waals surface area contributed by atoms with Crippen molar-refractivity contribution < 1.29 is 9.53 Å². The first-order valence-electron chi connectivity index (χ1n) is 12.0. The lowest BCUT2D eigenvalue weighted by Crippen LogP contribution is -2.63. The smallest absolute Gasteiger partial charge is 0.225 e. The molecule has 0 spiro atoms. The van der Waals surface area contributed by atoms with Crippen molar-refractivity contribution in [3.63, 3.8) is 0 Å². The molecule has 4 fully saturated rings. The summed E-state index contributed by atoms with van der Waals surface area (Å²) in [5.41, 5.74) is 0. The van der Waals surface area contributed by atoms with E-state index >= 15 is 0 Å². The summed E-state index contributed by atoms with van der Waals surface area (Å²) >= 11 is 0. The molecule has 2 saturated carbocycles. The Kier molecular flexibility index (Phi) is 7.81. The molecule has 0 radical (unpaired) electrons. The summed E-state index contributed by atoms with van der Waals surface area (Å²) < 4.78 is 5.52. The highest BCUT2D eigenvalue weighted by Crippen LogP contribution is 2.32.